The third-order valence-electron chi connectivity index (χ3n) is 4.13. The fourth-order valence-corrected chi connectivity index (χ4v) is 2.77. The van der Waals surface area contributed by atoms with Gasteiger partial charge in [-0.25, -0.2) is 9.07 Å². The Bertz CT molecular complexity index is 1030. The SMILES string of the molecule is CC(=O)Nc1ccc(NC(=O)c2cnn(-c3ccccc3F)c2C)cc1C. The van der Waals surface area contributed by atoms with Crippen LogP contribution >= 0.6 is 0 Å². The number of halogens is 1. The Morgan fingerprint density at radius 1 is 1.07 bits per heavy atom. The Morgan fingerprint density at radius 3 is 2.48 bits per heavy atom. The Balaban J connectivity index is 1.82. The highest BCUT2D eigenvalue weighted by atomic mass is 19.1. The first kappa shape index (κ1) is 18.3. The number of rotatable bonds is 4. The number of aryl methyl sites for hydroxylation is 1. The second-order valence-corrected chi connectivity index (χ2v) is 6.17. The lowest BCUT2D eigenvalue weighted by Gasteiger charge is -2.10. The molecule has 27 heavy (non-hydrogen) atoms. The highest BCUT2D eigenvalue weighted by Crippen LogP contribution is 2.22. The van der Waals surface area contributed by atoms with Crippen molar-refractivity contribution in [2.45, 2.75) is 20.8 Å². The molecule has 138 valence electrons. The number of carbonyl (C=O) groups excluding carboxylic acids is 2. The third kappa shape index (κ3) is 3.87. The molecule has 1 heterocycles. The molecule has 3 aromatic rings. The number of benzene rings is 2. The minimum absolute atomic E-state index is 0.161. The second kappa shape index (κ2) is 7.41. The lowest BCUT2D eigenvalue weighted by molar-refractivity contribution is -0.114. The van der Waals surface area contributed by atoms with Crippen LogP contribution in [0.15, 0.2) is 48.7 Å². The Hall–Kier alpha value is -3.48. The quantitative estimate of drug-likeness (QED) is 0.737. The summed E-state index contributed by atoms with van der Waals surface area (Å²) < 4.78 is 15.4. The van der Waals surface area contributed by atoms with Crippen molar-refractivity contribution in [3.8, 4) is 5.69 Å². The highest BCUT2D eigenvalue weighted by molar-refractivity contribution is 6.05. The van der Waals surface area contributed by atoms with Gasteiger partial charge in [-0.1, -0.05) is 12.1 Å². The highest BCUT2D eigenvalue weighted by Gasteiger charge is 2.17. The van der Waals surface area contributed by atoms with Gasteiger partial charge in [-0.2, -0.15) is 5.10 Å². The zero-order valence-electron chi connectivity index (χ0n) is 15.2. The molecule has 2 amide bonds. The van der Waals surface area contributed by atoms with Gasteiger partial charge in [0.1, 0.15) is 11.5 Å². The maximum Gasteiger partial charge on any atom is 0.259 e. The number of nitrogens with zero attached hydrogens (tertiary/aromatic N) is 2. The largest absolute Gasteiger partial charge is 0.326 e. The van der Waals surface area contributed by atoms with Crippen LogP contribution in [-0.4, -0.2) is 21.6 Å². The van der Waals surface area contributed by atoms with Crippen molar-refractivity contribution in [1.82, 2.24) is 9.78 Å². The van der Waals surface area contributed by atoms with E-state index in [1.54, 1.807) is 43.3 Å². The molecule has 3 rings (SSSR count). The molecular formula is C20H19FN4O2. The van der Waals surface area contributed by atoms with Crippen molar-refractivity contribution in [2.75, 3.05) is 10.6 Å². The van der Waals surface area contributed by atoms with E-state index in [1.807, 2.05) is 6.92 Å². The molecular weight excluding hydrogens is 347 g/mol. The minimum atomic E-state index is -0.417. The van der Waals surface area contributed by atoms with Crippen molar-refractivity contribution >= 4 is 23.2 Å². The molecule has 7 heteroatoms. The average molecular weight is 366 g/mol. The van der Waals surface area contributed by atoms with Gasteiger partial charge >= 0.3 is 0 Å². The van der Waals surface area contributed by atoms with Gasteiger partial charge in [-0.15, -0.1) is 0 Å². The van der Waals surface area contributed by atoms with E-state index >= 15 is 0 Å². The van der Waals surface area contributed by atoms with Crippen LogP contribution in [0.2, 0.25) is 0 Å². The number of aromatic nitrogens is 2. The van der Waals surface area contributed by atoms with E-state index in [4.69, 9.17) is 0 Å². The van der Waals surface area contributed by atoms with Crippen LogP contribution in [0.1, 0.15) is 28.5 Å². The Kier molecular flexibility index (Phi) is 5.03. The third-order valence-corrected chi connectivity index (χ3v) is 4.13. The number of carbonyl (C=O) groups is 2. The smallest absolute Gasteiger partial charge is 0.259 e. The molecule has 0 aliphatic heterocycles. The van der Waals surface area contributed by atoms with Crippen molar-refractivity contribution < 1.29 is 14.0 Å². The van der Waals surface area contributed by atoms with Gasteiger partial charge in [-0.3, -0.25) is 9.59 Å². The van der Waals surface area contributed by atoms with Crippen molar-refractivity contribution in [2.24, 2.45) is 0 Å². The summed E-state index contributed by atoms with van der Waals surface area (Å²) in [6.07, 6.45) is 1.41. The van der Waals surface area contributed by atoms with Crippen LogP contribution in [0, 0.1) is 19.7 Å². The Morgan fingerprint density at radius 2 is 1.81 bits per heavy atom. The van der Waals surface area contributed by atoms with E-state index in [0.29, 0.717) is 22.6 Å². The summed E-state index contributed by atoms with van der Waals surface area (Å²) in [6, 6.07) is 11.4. The molecule has 0 bridgehead atoms. The summed E-state index contributed by atoms with van der Waals surface area (Å²) in [5, 5.41) is 9.66. The average Bonchev–Trinajstić information content (AvgIpc) is 2.99. The van der Waals surface area contributed by atoms with Gasteiger partial charge in [0.25, 0.3) is 5.91 Å². The molecule has 0 spiro atoms. The molecule has 0 atom stereocenters. The first-order chi connectivity index (χ1) is 12.9. The molecule has 0 saturated carbocycles. The molecule has 6 nitrogen and oxygen atoms in total. The number of hydrogen-bond acceptors (Lipinski definition) is 3. The van der Waals surface area contributed by atoms with E-state index < -0.39 is 5.82 Å². The normalized spacial score (nSPS) is 10.5. The lowest BCUT2D eigenvalue weighted by atomic mass is 10.1. The molecule has 2 aromatic carbocycles. The van der Waals surface area contributed by atoms with Crippen LogP contribution in [0.25, 0.3) is 5.69 Å². The number of amides is 2. The number of para-hydroxylation sites is 1. The van der Waals surface area contributed by atoms with Gasteiger partial charge in [-0.05, 0) is 49.7 Å². The first-order valence-electron chi connectivity index (χ1n) is 8.36. The maximum atomic E-state index is 14.0. The monoisotopic (exact) mass is 366 g/mol. The van der Waals surface area contributed by atoms with Gasteiger partial charge in [0.05, 0.1) is 17.5 Å². The summed E-state index contributed by atoms with van der Waals surface area (Å²) in [7, 11) is 0. The van der Waals surface area contributed by atoms with E-state index in [9.17, 15) is 14.0 Å². The van der Waals surface area contributed by atoms with E-state index in [-0.39, 0.29) is 17.5 Å². The lowest BCUT2D eigenvalue weighted by Crippen LogP contribution is -2.14. The summed E-state index contributed by atoms with van der Waals surface area (Å²) in [5.41, 5.74) is 3.26. The standard InChI is InChI=1S/C20H19FN4O2/c1-12-10-15(8-9-18(12)23-14(3)26)24-20(27)16-11-22-25(13(16)2)19-7-5-4-6-17(19)21/h4-11H,1-3H3,(H,23,26)(H,24,27). The maximum absolute atomic E-state index is 14.0. The van der Waals surface area contributed by atoms with E-state index in [2.05, 4.69) is 15.7 Å². The summed E-state index contributed by atoms with van der Waals surface area (Å²) in [4.78, 5) is 23.8. The number of hydrogen-bond donors (Lipinski definition) is 2. The van der Waals surface area contributed by atoms with E-state index in [0.717, 1.165) is 5.56 Å². The fourth-order valence-electron chi connectivity index (χ4n) is 2.77. The van der Waals surface area contributed by atoms with Gasteiger partial charge in [0, 0.05) is 18.3 Å². The molecule has 2 N–H and O–H groups in total. The van der Waals surface area contributed by atoms with Gasteiger partial charge in [0.15, 0.2) is 0 Å². The van der Waals surface area contributed by atoms with Crippen molar-refractivity contribution in [3.05, 3.63) is 71.3 Å². The molecule has 0 radical (unpaired) electrons. The molecule has 0 saturated heterocycles. The molecule has 0 aliphatic rings. The number of nitrogens with one attached hydrogen (secondary N) is 2. The van der Waals surface area contributed by atoms with Crippen LogP contribution in [-0.2, 0) is 4.79 Å². The summed E-state index contributed by atoms with van der Waals surface area (Å²) in [6.45, 7) is 4.98. The van der Waals surface area contributed by atoms with E-state index in [1.165, 1.54) is 23.9 Å². The van der Waals surface area contributed by atoms with Gasteiger partial charge < -0.3 is 10.6 Å². The van der Waals surface area contributed by atoms with Crippen LogP contribution in [0.3, 0.4) is 0 Å². The summed E-state index contributed by atoms with van der Waals surface area (Å²) in [5.74, 6) is -0.923. The van der Waals surface area contributed by atoms with Crippen LogP contribution < -0.4 is 10.6 Å². The van der Waals surface area contributed by atoms with Crippen LogP contribution in [0.5, 0.6) is 0 Å². The van der Waals surface area contributed by atoms with Crippen molar-refractivity contribution in [1.29, 1.82) is 0 Å². The van der Waals surface area contributed by atoms with Crippen molar-refractivity contribution in [3.63, 3.8) is 0 Å². The first-order valence-corrected chi connectivity index (χ1v) is 8.36. The second-order valence-electron chi connectivity index (χ2n) is 6.17. The van der Waals surface area contributed by atoms with Gasteiger partial charge in [0.2, 0.25) is 5.91 Å². The molecule has 0 unspecified atom stereocenters. The van der Waals surface area contributed by atoms with Crippen LogP contribution in [0.4, 0.5) is 15.8 Å². The predicted molar refractivity (Wildman–Crippen MR) is 102 cm³/mol. The zero-order chi connectivity index (χ0) is 19.6. The predicted octanol–water partition coefficient (Wildman–Crippen LogP) is 3.84. The number of anilines is 2. The molecule has 0 fully saturated rings. The molecule has 1 aromatic heterocycles. The fraction of sp³-hybridized carbons (Fsp3) is 0.150. The molecule has 0 aliphatic carbocycles. The zero-order valence-corrected chi connectivity index (χ0v) is 15.2. The minimum Gasteiger partial charge on any atom is -0.326 e. The summed E-state index contributed by atoms with van der Waals surface area (Å²) >= 11 is 0. The Labute approximate surface area is 156 Å². The topological polar surface area (TPSA) is 76.0 Å².